The predicted octanol–water partition coefficient (Wildman–Crippen LogP) is 2.75. The van der Waals surface area contributed by atoms with Crippen molar-refractivity contribution in [3.63, 3.8) is 0 Å². The van der Waals surface area contributed by atoms with Gasteiger partial charge in [0.25, 0.3) is 0 Å². The van der Waals surface area contributed by atoms with E-state index < -0.39 is 5.54 Å². The molecule has 6 heteroatoms. The Labute approximate surface area is 149 Å². The van der Waals surface area contributed by atoms with E-state index >= 15 is 0 Å². The predicted molar refractivity (Wildman–Crippen MR) is 97.1 cm³/mol. The number of nitrogens with zero attached hydrogens (tertiary/aromatic N) is 1. The van der Waals surface area contributed by atoms with Crippen LogP contribution in [0.3, 0.4) is 0 Å². The highest BCUT2D eigenvalue weighted by Gasteiger charge is 2.49. The van der Waals surface area contributed by atoms with Crippen molar-refractivity contribution >= 4 is 17.5 Å². The van der Waals surface area contributed by atoms with Gasteiger partial charge in [0.1, 0.15) is 17.0 Å². The van der Waals surface area contributed by atoms with Crippen molar-refractivity contribution in [1.29, 1.82) is 0 Å². The molecule has 1 aromatic carbocycles. The Morgan fingerprint density at radius 2 is 2.04 bits per heavy atom. The third kappa shape index (κ3) is 3.89. The smallest absolute Gasteiger partial charge is 0.246 e. The molecule has 0 saturated carbocycles. The minimum absolute atomic E-state index is 0.0898. The second-order valence-electron chi connectivity index (χ2n) is 6.98. The molecular formula is C19H28N2O4. The average molecular weight is 348 g/mol. The van der Waals surface area contributed by atoms with Gasteiger partial charge in [-0.1, -0.05) is 13.8 Å². The number of benzene rings is 1. The molecule has 1 atom stereocenters. The van der Waals surface area contributed by atoms with Gasteiger partial charge in [0, 0.05) is 19.0 Å². The lowest BCUT2D eigenvalue weighted by Crippen LogP contribution is -2.55. The first-order chi connectivity index (χ1) is 11.8. The van der Waals surface area contributed by atoms with Gasteiger partial charge in [0.15, 0.2) is 0 Å². The van der Waals surface area contributed by atoms with Crippen molar-refractivity contribution < 1.29 is 19.1 Å². The van der Waals surface area contributed by atoms with Gasteiger partial charge < -0.3 is 14.8 Å². The number of methoxy groups -OCH3 is 2. The van der Waals surface area contributed by atoms with Crippen LogP contribution in [-0.2, 0) is 9.59 Å². The summed E-state index contributed by atoms with van der Waals surface area (Å²) in [4.78, 5) is 27.0. The molecule has 0 aliphatic carbocycles. The Morgan fingerprint density at radius 3 is 2.64 bits per heavy atom. The minimum atomic E-state index is -0.937. The maximum atomic E-state index is 12.9. The zero-order chi connectivity index (χ0) is 18.6. The minimum Gasteiger partial charge on any atom is -0.497 e. The first-order valence-electron chi connectivity index (χ1n) is 8.67. The second-order valence-corrected chi connectivity index (χ2v) is 6.98. The van der Waals surface area contributed by atoms with Crippen LogP contribution in [0.2, 0.25) is 0 Å². The van der Waals surface area contributed by atoms with Crippen LogP contribution in [0, 0.1) is 5.92 Å². The van der Waals surface area contributed by atoms with E-state index in [0.717, 1.165) is 6.42 Å². The molecule has 0 radical (unpaired) electrons. The number of nitrogens with one attached hydrogen (secondary N) is 1. The topological polar surface area (TPSA) is 67.9 Å². The third-order valence-electron chi connectivity index (χ3n) is 4.69. The van der Waals surface area contributed by atoms with E-state index in [4.69, 9.17) is 9.47 Å². The zero-order valence-corrected chi connectivity index (χ0v) is 15.7. The summed E-state index contributed by atoms with van der Waals surface area (Å²) in [5, 5.41) is 2.98. The molecule has 0 unspecified atom stereocenters. The lowest BCUT2D eigenvalue weighted by molar-refractivity contribution is -0.127. The van der Waals surface area contributed by atoms with Crippen molar-refractivity contribution in [3.8, 4) is 11.5 Å². The summed E-state index contributed by atoms with van der Waals surface area (Å²) in [5.74, 6) is 1.43. The van der Waals surface area contributed by atoms with Gasteiger partial charge >= 0.3 is 0 Å². The second kappa shape index (κ2) is 7.76. The van der Waals surface area contributed by atoms with Crippen LogP contribution in [0.25, 0.3) is 0 Å². The maximum Gasteiger partial charge on any atom is 0.246 e. The van der Waals surface area contributed by atoms with E-state index in [1.807, 2.05) is 6.92 Å². The first-order valence-corrected chi connectivity index (χ1v) is 8.67. The monoisotopic (exact) mass is 348 g/mol. The molecule has 2 rings (SSSR count). The summed E-state index contributed by atoms with van der Waals surface area (Å²) in [6.07, 6.45) is 1.70. The molecule has 0 spiro atoms. The lowest BCUT2D eigenvalue weighted by Gasteiger charge is -2.35. The van der Waals surface area contributed by atoms with Crippen molar-refractivity contribution in [2.45, 2.75) is 45.6 Å². The maximum absolute atomic E-state index is 12.9. The van der Waals surface area contributed by atoms with Crippen LogP contribution >= 0.6 is 0 Å². The van der Waals surface area contributed by atoms with Gasteiger partial charge in [0.05, 0.1) is 19.9 Å². The normalized spacial score (nSPS) is 20.1. The molecule has 1 aliphatic heterocycles. The fraction of sp³-hybridized carbons (Fsp3) is 0.579. The molecule has 1 aliphatic rings. The summed E-state index contributed by atoms with van der Waals surface area (Å²) in [5.41, 5.74) is -0.376. The number of ether oxygens (including phenoxy) is 2. The van der Waals surface area contributed by atoms with Crippen LogP contribution in [0.15, 0.2) is 18.2 Å². The van der Waals surface area contributed by atoms with Crippen molar-refractivity contribution in [2.75, 3.05) is 25.7 Å². The fourth-order valence-electron chi connectivity index (χ4n) is 3.10. The number of carbonyl (C=O) groups excluding carboxylic acids is 2. The van der Waals surface area contributed by atoms with E-state index in [-0.39, 0.29) is 11.8 Å². The zero-order valence-electron chi connectivity index (χ0n) is 15.7. The van der Waals surface area contributed by atoms with Gasteiger partial charge in [-0.25, -0.2) is 0 Å². The molecule has 1 heterocycles. The van der Waals surface area contributed by atoms with Gasteiger partial charge in [-0.2, -0.15) is 0 Å². The van der Waals surface area contributed by atoms with Gasteiger partial charge in [0.2, 0.25) is 11.8 Å². The van der Waals surface area contributed by atoms with Gasteiger partial charge in [-0.15, -0.1) is 0 Å². The highest BCUT2D eigenvalue weighted by atomic mass is 16.5. The molecule has 1 aromatic rings. The van der Waals surface area contributed by atoms with Crippen molar-refractivity contribution in [1.82, 2.24) is 5.32 Å². The molecule has 2 amide bonds. The molecule has 0 bridgehead atoms. The van der Waals surface area contributed by atoms with Crippen molar-refractivity contribution in [2.24, 2.45) is 5.92 Å². The largest absolute Gasteiger partial charge is 0.497 e. The Morgan fingerprint density at radius 1 is 1.32 bits per heavy atom. The summed E-state index contributed by atoms with van der Waals surface area (Å²) >= 11 is 0. The molecule has 1 fully saturated rings. The SMILES string of the molecule is COc1ccc(OC)c(N2C(=O)CC[C@]2(C)C(=O)NCCC(C)C)c1. The Bertz CT molecular complexity index is 644. The third-order valence-corrected chi connectivity index (χ3v) is 4.69. The highest BCUT2D eigenvalue weighted by molar-refractivity contribution is 6.07. The fourth-order valence-corrected chi connectivity index (χ4v) is 3.10. The first kappa shape index (κ1) is 19.1. The van der Waals surface area contributed by atoms with Crippen LogP contribution in [0.4, 0.5) is 5.69 Å². The van der Waals surface area contributed by atoms with Crippen LogP contribution in [0.5, 0.6) is 11.5 Å². The van der Waals surface area contributed by atoms with Crippen LogP contribution < -0.4 is 19.7 Å². The van der Waals surface area contributed by atoms with Gasteiger partial charge in [-0.3, -0.25) is 14.5 Å². The molecule has 1 saturated heterocycles. The Balaban J connectivity index is 2.34. The number of hydrogen-bond donors (Lipinski definition) is 1. The molecule has 138 valence electrons. The summed E-state index contributed by atoms with van der Waals surface area (Å²) in [6, 6.07) is 5.25. The molecule has 0 aromatic heterocycles. The lowest BCUT2D eigenvalue weighted by atomic mass is 9.96. The van der Waals surface area contributed by atoms with E-state index in [9.17, 15) is 9.59 Å². The Kier molecular flexibility index (Phi) is 5.93. The van der Waals surface area contributed by atoms with Crippen molar-refractivity contribution in [3.05, 3.63) is 18.2 Å². The molecule has 25 heavy (non-hydrogen) atoms. The standard InChI is InChI=1S/C19H28N2O4/c1-13(2)9-11-20-18(23)19(3)10-8-17(22)21(19)15-12-14(24-4)6-7-16(15)25-5/h6-7,12-13H,8-11H2,1-5H3,(H,20,23)/t19-/m1/s1. The Hall–Kier alpha value is -2.24. The average Bonchev–Trinajstić information content (AvgIpc) is 2.89. The summed E-state index contributed by atoms with van der Waals surface area (Å²) in [7, 11) is 3.11. The number of hydrogen-bond acceptors (Lipinski definition) is 4. The van der Waals surface area contributed by atoms with E-state index in [2.05, 4.69) is 19.2 Å². The van der Waals surface area contributed by atoms with Gasteiger partial charge in [-0.05, 0) is 37.8 Å². The quantitative estimate of drug-likeness (QED) is 0.823. The number of carbonyl (C=O) groups is 2. The molecule has 6 nitrogen and oxygen atoms in total. The van der Waals surface area contributed by atoms with E-state index in [1.165, 1.54) is 0 Å². The van der Waals surface area contributed by atoms with E-state index in [1.54, 1.807) is 37.3 Å². The van der Waals surface area contributed by atoms with E-state index in [0.29, 0.717) is 42.5 Å². The molecular weight excluding hydrogens is 320 g/mol. The number of rotatable bonds is 7. The number of amides is 2. The van der Waals surface area contributed by atoms with Crippen LogP contribution in [-0.4, -0.2) is 38.1 Å². The number of anilines is 1. The highest BCUT2D eigenvalue weighted by Crippen LogP contribution is 2.41. The molecule has 1 N–H and O–H groups in total. The summed E-state index contributed by atoms with van der Waals surface area (Å²) in [6.45, 7) is 6.63. The summed E-state index contributed by atoms with van der Waals surface area (Å²) < 4.78 is 10.7. The van der Waals surface area contributed by atoms with Crippen LogP contribution in [0.1, 0.15) is 40.0 Å².